The molecule has 0 aliphatic carbocycles. The molecule has 1 atom stereocenters. The van der Waals surface area contributed by atoms with E-state index >= 15 is 0 Å². The van der Waals surface area contributed by atoms with Crippen LogP contribution in [0.25, 0.3) is 0 Å². The largest absolute Gasteiger partial charge is 1.00 e. The van der Waals surface area contributed by atoms with E-state index in [2.05, 4.69) is 0 Å². The van der Waals surface area contributed by atoms with Gasteiger partial charge in [-0.3, -0.25) is 0 Å². The van der Waals surface area contributed by atoms with Gasteiger partial charge in [0.05, 0.1) is 0 Å². The Hall–Kier alpha value is 0.140. The molecule has 0 aliphatic heterocycles. The Morgan fingerprint density at radius 1 is 1.50 bits per heavy atom. The van der Waals surface area contributed by atoms with Crippen LogP contribution in [-0.2, 0) is 9.59 Å². The van der Waals surface area contributed by atoms with Gasteiger partial charge in [-0.05, 0) is 18.8 Å². The fraction of sp³-hybridized carbons (Fsp3) is 0.750. The minimum atomic E-state index is -1.03. The second kappa shape index (κ2) is 9.23. The van der Waals surface area contributed by atoms with Gasteiger partial charge in [0, 0.05) is 12.4 Å². The van der Waals surface area contributed by atoms with Crippen LogP contribution in [0.3, 0.4) is 0 Å². The van der Waals surface area contributed by atoms with Crippen molar-refractivity contribution in [3.05, 3.63) is 0 Å². The van der Waals surface area contributed by atoms with Crippen LogP contribution >= 0.6 is 0 Å². The molecule has 1 unspecified atom stereocenters. The van der Waals surface area contributed by atoms with E-state index in [9.17, 15) is 14.7 Å². The van der Waals surface area contributed by atoms with E-state index in [4.69, 9.17) is 0 Å². The standard InChI is InChI=1S/C8H14O3.Na/c1-2-4-7(8(10)11)5-3-6-9;/h6-7H,2-5H2,1H3,(H,10,11);/q;+1/p-1. The summed E-state index contributed by atoms with van der Waals surface area (Å²) in [7, 11) is 0. The third-order valence-corrected chi connectivity index (χ3v) is 1.60. The van der Waals surface area contributed by atoms with Gasteiger partial charge in [0.2, 0.25) is 0 Å². The number of hydrogen-bond acceptors (Lipinski definition) is 3. The van der Waals surface area contributed by atoms with Gasteiger partial charge in [-0.25, -0.2) is 0 Å². The fourth-order valence-corrected chi connectivity index (χ4v) is 0.998. The van der Waals surface area contributed by atoms with Gasteiger partial charge < -0.3 is 14.7 Å². The number of carboxylic acids is 1. The molecule has 0 fully saturated rings. The molecule has 0 aromatic heterocycles. The molecule has 0 aromatic rings. The summed E-state index contributed by atoms with van der Waals surface area (Å²) in [6.45, 7) is 1.91. The van der Waals surface area contributed by atoms with E-state index in [1.54, 1.807) is 0 Å². The zero-order valence-corrected chi connectivity index (χ0v) is 9.71. The van der Waals surface area contributed by atoms with Crippen LogP contribution < -0.4 is 34.7 Å². The van der Waals surface area contributed by atoms with Crippen LogP contribution in [0.5, 0.6) is 0 Å². The van der Waals surface area contributed by atoms with E-state index in [0.717, 1.165) is 12.7 Å². The quantitative estimate of drug-likeness (QED) is 0.326. The van der Waals surface area contributed by atoms with Crippen LogP contribution in [0.15, 0.2) is 0 Å². The molecule has 0 saturated heterocycles. The van der Waals surface area contributed by atoms with Crippen LogP contribution in [0, 0.1) is 5.92 Å². The summed E-state index contributed by atoms with van der Waals surface area (Å²) in [4.78, 5) is 20.3. The Morgan fingerprint density at radius 3 is 2.42 bits per heavy atom. The summed E-state index contributed by atoms with van der Waals surface area (Å²) in [6.07, 6.45) is 2.90. The zero-order chi connectivity index (χ0) is 8.69. The maximum atomic E-state index is 10.4. The first-order chi connectivity index (χ1) is 5.22. The van der Waals surface area contributed by atoms with Crippen LogP contribution in [0.2, 0.25) is 0 Å². The molecule has 0 radical (unpaired) electrons. The summed E-state index contributed by atoms with van der Waals surface area (Å²) in [5, 5.41) is 10.4. The fourth-order valence-electron chi connectivity index (χ4n) is 0.998. The minimum absolute atomic E-state index is 0. The number of carbonyl (C=O) groups excluding carboxylic acids is 2. The van der Waals surface area contributed by atoms with Gasteiger partial charge in [-0.1, -0.05) is 13.3 Å². The van der Waals surface area contributed by atoms with Crippen molar-refractivity contribution in [3.63, 3.8) is 0 Å². The van der Waals surface area contributed by atoms with Crippen LogP contribution in [0.4, 0.5) is 0 Å². The van der Waals surface area contributed by atoms with Gasteiger partial charge in [-0.15, -0.1) is 0 Å². The third-order valence-electron chi connectivity index (χ3n) is 1.60. The van der Waals surface area contributed by atoms with Gasteiger partial charge in [-0.2, -0.15) is 0 Å². The van der Waals surface area contributed by atoms with Gasteiger partial charge in [0.15, 0.2) is 0 Å². The number of aldehydes is 1. The molecule has 4 heteroatoms. The molecular formula is C8H13NaO3. The minimum Gasteiger partial charge on any atom is -0.550 e. The molecule has 0 N–H and O–H groups in total. The van der Waals surface area contributed by atoms with E-state index in [1.807, 2.05) is 6.92 Å². The Balaban J connectivity index is 0. The summed E-state index contributed by atoms with van der Waals surface area (Å²) in [5.41, 5.74) is 0. The molecule has 12 heavy (non-hydrogen) atoms. The van der Waals surface area contributed by atoms with E-state index in [0.29, 0.717) is 19.3 Å². The van der Waals surface area contributed by atoms with E-state index in [-0.39, 0.29) is 29.6 Å². The third kappa shape index (κ3) is 6.83. The smallest absolute Gasteiger partial charge is 0.550 e. The topological polar surface area (TPSA) is 57.2 Å². The molecule has 0 rings (SSSR count). The van der Waals surface area contributed by atoms with Gasteiger partial charge in [0.1, 0.15) is 6.29 Å². The summed E-state index contributed by atoms with van der Waals surface area (Å²) >= 11 is 0. The first-order valence-electron chi connectivity index (χ1n) is 3.86. The van der Waals surface area contributed by atoms with Crippen molar-refractivity contribution >= 4 is 12.3 Å². The van der Waals surface area contributed by atoms with E-state index < -0.39 is 11.9 Å². The van der Waals surface area contributed by atoms with Crippen molar-refractivity contribution in [1.29, 1.82) is 0 Å². The predicted molar refractivity (Wildman–Crippen MR) is 38.7 cm³/mol. The number of rotatable bonds is 6. The molecule has 0 aliphatic rings. The Kier molecular flexibility index (Phi) is 11.3. The van der Waals surface area contributed by atoms with Crippen molar-refractivity contribution in [1.82, 2.24) is 0 Å². The van der Waals surface area contributed by atoms with Gasteiger partial charge in [0.25, 0.3) is 0 Å². The average molecular weight is 180 g/mol. The summed E-state index contributed by atoms with van der Waals surface area (Å²) in [6, 6.07) is 0. The summed E-state index contributed by atoms with van der Waals surface area (Å²) < 4.78 is 0. The molecule has 0 amide bonds. The number of carboxylic acid groups (broad SMARTS) is 1. The Morgan fingerprint density at radius 2 is 2.08 bits per heavy atom. The summed E-state index contributed by atoms with van der Waals surface area (Å²) in [5.74, 6) is -1.47. The predicted octanol–water partition coefficient (Wildman–Crippen LogP) is -2.86. The van der Waals surface area contributed by atoms with Crippen molar-refractivity contribution in [2.45, 2.75) is 32.6 Å². The Bertz CT molecular complexity index is 136. The normalized spacial score (nSPS) is 11.4. The molecule has 0 aromatic carbocycles. The van der Waals surface area contributed by atoms with Crippen molar-refractivity contribution in [2.75, 3.05) is 0 Å². The second-order valence-corrected chi connectivity index (χ2v) is 2.55. The monoisotopic (exact) mass is 180 g/mol. The first-order valence-corrected chi connectivity index (χ1v) is 3.86. The first kappa shape index (κ1) is 14.7. The maximum absolute atomic E-state index is 10.4. The van der Waals surface area contributed by atoms with Crippen molar-refractivity contribution in [3.8, 4) is 0 Å². The SMILES string of the molecule is CCCC(CCC=O)C(=O)[O-].[Na+]. The molecule has 0 bridgehead atoms. The van der Waals surface area contributed by atoms with Crippen molar-refractivity contribution in [2.24, 2.45) is 5.92 Å². The molecule has 0 saturated carbocycles. The molecule has 64 valence electrons. The van der Waals surface area contributed by atoms with Gasteiger partial charge >= 0.3 is 29.6 Å². The van der Waals surface area contributed by atoms with Crippen molar-refractivity contribution < 1.29 is 44.3 Å². The van der Waals surface area contributed by atoms with E-state index in [1.165, 1.54) is 0 Å². The molecule has 0 heterocycles. The molecule has 0 spiro atoms. The molecular weight excluding hydrogens is 167 g/mol. The average Bonchev–Trinajstić information content (AvgIpc) is 1.97. The number of carbonyl (C=O) groups is 2. The number of hydrogen-bond donors (Lipinski definition) is 0. The van der Waals surface area contributed by atoms with Crippen LogP contribution in [0.1, 0.15) is 32.6 Å². The Labute approximate surface area is 94.8 Å². The zero-order valence-electron chi connectivity index (χ0n) is 7.71. The number of aliphatic carboxylic acids is 1. The van der Waals surface area contributed by atoms with Crippen LogP contribution in [-0.4, -0.2) is 12.3 Å². The second-order valence-electron chi connectivity index (χ2n) is 2.55. The molecule has 3 nitrogen and oxygen atoms in total. The maximum Gasteiger partial charge on any atom is 1.00 e.